The number of aromatic nitrogens is 2. The van der Waals surface area contributed by atoms with Crippen LogP contribution in [0.25, 0.3) is 72.1 Å². The van der Waals surface area contributed by atoms with Crippen LogP contribution in [0.3, 0.4) is 0 Å². The smallest absolute Gasteiger partial charge is 0.143 e. The lowest BCUT2D eigenvalue weighted by Crippen LogP contribution is -2.24. The molecule has 0 radical (unpaired) electrons. The molecule has 82 heavy (non-hydrogen) atoms. The molecule has 0 amide bonds. The van der Waals surface area contributed by atoms with Gasteiger partial charge in [0.25, 0.3) is 0 Å². The van der Waals surface area contributed by atoms with Crippen molar-refractivity contribution in [2.24, 2.45) is 0 Å². The molecule has 3 heterocycles. The highest BCUT2D eigenvalue weighted by molar-refractivity contribution is 6.10. The van der Waals surface area contributed by atoms with E-state index < -0.39 is 78.6 Å². The van der Waals surface area contributed by atoms with E-state index in [0.717, 1.165) is 44.1 Å². The number of para-hydroxylation sites is 4. The molecule has 1 aliphatic rings. The highest BCUT2D eigenvalue weighted by Gasteiger charge is 2.32. The summed E-state index contributed by atoms with van der Waals surface area (Å²) < 4.78 is 148. The number of fused-ring (bicyclic) bond motifs is 4. The molecule has 0 atom stereocenters. The Balaban J connectivity index is 0.919. The van der Waals surface area contributed by atoms with E-state index >= 15 is 0 Å². The first-order chi connectivity index (χ1) is 46.1. The minimum atomic E-state index is -0.580. The van der Waals surface area contributed by atoms with Crippen LogP contribution in [0, 0.1) is 0 Å². The quantitative estimate of drug-likeness (QED) is 0.115. The molecule has 0 aliphatic carbocycles. The number of hydrogen-bond acceptors (Lipinski definition) is 5. The second kappa shape index (κ2) is 21.4. The lowest BCUT2D eigenvalue weighted by molar-refractivity contribution is 0.483. The van der Waals surface area contributed by atoms with Gasteiger partial charge in [0.2, 0.25) is 0 Å². The molecule has 0 fully saturated rings. The molecule has 402 valence electrons. The molecule has 13 rings (SSSR count). The van der Waals surface area contributed by atoms with Gasteiger partial charge in [-0.1, -0.05) is 218 Å². The predicted molar refractivity (Wildman–Crippen MR) is 342 cm³/mol. The van der Waals surface area contributed by atoms with Crippen LogP contribution in [0.15, 0.2) is 248 Å². The van der Waals surface area contributed by atoms with E-state index in [1.54, 1.807) is 36.5 Å². The molecule has 10 aromatic carbocycles. The van der Waals surface area contributed by atoms with Crippen molar-refractivity contribution < 1.29 is 30.0 Å². The number of pyridine rings is 1. The molecule has 6 heteroatoms. The van der Waals surface area contributed by atoms with Crippen molar-refractivity contribution in [3.05, 3.63) is 265 Å². The third-order valence-corrected chi connectivity index (χ3v) is 15.1. The number of nitrogens with zero attached hydrogens (tertiary/aromatic N) is 4. The van der Waals surface area contributed by atoms with Gasteiger partial charge in [0.15, 0.2) is 0 Å². The van der Waals surface area contributed by atoms with Gasteiger partial charge in [-0.25, -0.2) is 4.98 Å². The van der Waals surface area contributed by atoms with E-state index in [1.165, 1.54) is 0 Å². The van der Waals surface area contributed by atoms with Gasteiger partial charge in [-0.3, -0.25) is 4.57 Å². The molecule has 0 N–H and O–H groups in total. The van der Waals surface area contributed by atoms with Gasteiger partial charge < -0.3 is 19.3 Å². The Bertz CT molecular complexity index is 5050. The molecule has 0 saturated carbocycles. The monoisotopic (exact) mass is 1080 g/mol. The molecule has 0 bridgehead atoms. The standard InChI is InChI=1S/C76H66N4O2/c1-50(2)55-42-56(51(3)4)44-57(43-55)66-33-21-32-65(54-26-15-10-16-27-54)75(66)82-62-40-41-77-73(48-62)80-69-39-36-58(76(5,6)7)45-68(69)67-38-37-61(47-72(67)80)81-60-29-19-28-59(46-60)78-49-79(71-35-18-17-34-70(71)78)74-63(52-22-11-8-12-23-52)30-20-31-64(74)53-24-13-9-14-25-53/h8-48,50-51H,49H2,1-7H3/i8D,9D,10D,11D,12D,13D,14D,15D,16D,22D,23D,24D,25D,26D,27D. The second-order valence-electron chi connectivity index (χ2n) is 22.1. The highest BCUT2D eigenvalue weighted by Crippen LogP contribution is 2.51. The molecule has 0 spiro atoms. The minimum absolute atomic E-state index is 0.00352. The van der Waals surface area contributed by atoms with E-state index in [4.69, 9.17) is 35.0 Å². The normalized spacial score (nSPS) is 15.0. The summed E-state index contributed by atoms with van der Waals surface area (Å²) in [5.41, 5.74) is 8.92. The third kappa shape index (κ3) is 9.85. The Morgan fingerprint density at radius 3 is 1.65 bits per heavy atom. The zero-order valence-corrected chi connectivity index (χ0v) is 46.5. The van der Waals surface area contributed by atoms with Crippen LogP contribution < -0.4 is 19.3 Å². The van der Waals surface area contributed by atoms with Gasteiger partial charge in [-0.2, -0.15) is 0 Å². The Morgan fingerprint density at radius 1 is 0.463 bits per heavy atom. The van der Waals surface area contributed by atoms with E-state index in [0.29, 0.717) is 57.0 Å². The molecule has 1 aliphatic heterocycles. The summed E-state index contributed by atoms with van der Waals surface area (Å²) in [6, 6.07) is 40.1. The van der Waals surface area contributed by atoms with E-state index in [9.17, 15) is 0 Å². The van der Waals surface area contributed by atoms with Crippen molar-refractivity contribution >= 4 is 44.6 Å². The summed E-state index contributed by atoms with van der Waals surface area (Å²) in [6.07, 6.45) is 1.66. The van der Waals surface area contributed by atoms with Gasteiger partial charge in [0.1, 0.15) is 35.5 Å². The van der Waals surface area contributed by atoms with Crippen molar-refractivity contribution in [2.75, 3.05) is 16.5 Å². The number of rotatable bonds is 13. The average Bonchev–Trinajstić information content (AvgIpc) is 1.71. The molecule has 2 aromatic heterocycles. The fraction of sp³-hybridized carbons (Fsp3) is 0.145. The van der Waals surface area contributed by atoms with Gasteiger partial charge >= 0.3 is 0 Å². The fourth-order valence-electron chi connectivity index (χ4n) is 10.9. The van der Waals surface area contributed by atoms with Crippen LogP contribution in [-0.2, 0) is 5.41 Å². The van der Waals surface area contributed by atoms with Crippen LogP contribution in [-0.4, -0.2) is 16.2 Å². The Kier molecular flexibility index (Phi) is 9.75. The number of ether oxygens (including phenoxy) is 2. The van der Waals surface area contributed by atoms with E-state index in [2.05, 4.69) is 84.9 Å². The first-order valence-electron chi connectivity index (χ1n) is 34.9. The van der Waals surface area contributed by atoms with E-state index in [-0.39, 0.29) is 69.5 Å². The molecule has 0 saturated heterocycles. The van der Waals surface area contributed by atoms with Crippen molar-refractivity contribution in [3.8, 4) is 73.3 Å². The van der Waals surface area contributed by atoms with Gasteiger partial charge in [0, 0.05) is 63.1 Å². The lowest BCUT2D eigenvalue weighted by Gasteiger charge is -2.27. The van der Waals surface area contributed by atoms with E-state index in [1.807, 2.05) is 99.3 Å². The van der Waals surface area contributed by atoms with Gasteiger partial charge in [-0.15, -0.1) is 0 Å². The zero-order valence-electron chi connectivity index (χ0n) is 61.5. The summed E-state index contributed by atoms with van der Waals surface area (Å²) in [7, 11) is 0. The van der Waals surface area contributed by atoms with Crippen molar-refractivity contribution in [3.63, 3.8) is 0 Å². The lowest BCUT2D eigenvalue weighted by atomic mass is 9.86. The summed E-state index contributed by atoms with van der Waals surface area (Å²) in [5.74, 6) is 2.46. The SMILES string of the molecule is [2H]c1c([2H])c([2H])c(-c2cccc(-c3cc(C(C)C)cc(C(C)C)c3)c2Oc2ccnc(-n3c4ccc(C(C)(C)C)cc4c4ccc(Oc5cccc(N6CN(c7c(-c8c([2H])c([2H])c([2H])c([2H])c8[2H])cccc7-c7c([2H])c([2H])c([2H])c([2H])c7[2H])c7ccccc76)c5)cc43)c2)c([2H])c1[2H]. The molecule has 12 aromatic rings. The summed E-state index contributed by atoms with van der Waals surface area (Å²) in [5, 5.41) is 1.87. The van der Waals surface area contributed by atoms with Crippen LogP contribution in [0.2, 0.25) is 0 Å². The Labute approximate surface area is 503 Å². The number of benzene rings is 10. The van der Waals surface area contributed by atoms with Crippen LogP contribution in [0.1, 0.15) is 97.6 Å². The molecular formula is C76H66N4O2. The second-order valence-corrected chi connectivity index (χ2v) is 22.1. The number of anilines is 4. The maximum absolute atomic E-state index is 9.15. The average molecular weight is 1080 g/mol. The predicted octanol–water partition coefficient (Wildman–Crippen LogP) is 21.2. The largest absolute Gasteiger partial charge is 0.457 e. The molecule has 6 nitrogen and oxygen atoms in total. The fourth-order valence-corrected chi connectivity index (χ4v) is 10.9. The Hall–Kier alpha value is -9.65. The van der Waals surface area contributed by atoms with Crippen LogP contribution in [0.5, 0.6) is 23.0 Å². The van der Waals surface area contributed by atoms with Crippen molar-refractivity contribution in [1.82, 2.24) is 9.55 Å². The molecule has 0 unspecified atom stereocenters. The van der Waals surface area contributed by atoms with Gasteiger partial charge in [-0.05, 0) is 111 Å². The first kappa shape index (κ1) is 37.3. The van der Waals surface area contributed by atoms with Gasteiger partial charge in [0.05, 0.1) is 48.7 Å². The minimum Gasteiger partial charge on any atom is -0.457 e. The summed E-state index contributed by atoms with van der Waals surface area (Å²) >= 11 is 0. The summed E-state index contributed by atoms with van der Waals surface area (Å²) in [4.78, 5) is 8.88. The maximum Gasteiger partial charge on any atom is 0.143 e. The number of hydrogen-bond donors (Lipinski definition) is 0. The van der Waals surface area contributed by atoms with Crippen molar-refractivity contribution in [2.45, 2.75) is 65.7 Å². The topological polar surface area (TPSA) is 42.8 Å². The third-order valence-electron chi connectivity index (χ3n) is 15.1. The van der Waals surface area contributed by atoms with Crippen LogP contribution >= 0.6 is 0 Å². The Morgan fingerprint density at radius 2 is 1.02 bits per heavy atom. The van der Waals surface area contributed by atoms with Crippen LogP contribution in [0.4, 0.5) is 22.7 Å². The first-order valence-corrected chi connectivity index (χ1v) is 27.4. The highest BCUT2D eigenvalue weighted by atomic mass is 16.5. The van der Waals surface area contributed by atoms with Crippen molar-refractivity contribution in [1.29, 1.82) is 0 Å². The zero-order chi connectivity index (χ0) is 69.1. The maximum atomic E-state index is 9.15. The summed E-state index contributed by atoms with van der Waals surface area (Å²) in [6.45, 7) is 15.1. The molecular weight excluding hydrogens is 1000 g/mol.